The molecule has 1 atom stereocenters. The highest BCUT2D eigenvalue weighted by atomic mass is 79.9. The second kappa shape index (κ2) is 14.1. The van der Waals surface area contributed by atoms with Crippen LogP contribution in [0.4, 0.5) is 0 Å². The maximum absolute atomic E-state index is 12.3. The van der Waals surface area contributed by atoms with Gasteiger partial charge in [0.2, 0.25) is 6.10 Å². The molecule has 0 fully saturated rings. The molecule has 0 aliphatic heterocycles. The zero-order chi connectivity index (χ0) is 24.1. The SMILES string of the molecule is CCOC(=O)C(=O)NN(Cc1ccc(Br)cc1)C[C@@H](OC(=O)C(=O)OCC)C(=O)OCC. The van der Waals surface area contributed by atoms with Crippen LogP contribution < -0.4 is 5.43 Å². The van der Waals surface area contributed by atoms with Gasteiger partial charge < -0.3 is 18.9 Å². The van der Waals surface area contributed by atoms with Crippen molar-refractivity contribution in [2.75, 3.05) is 26.4 Å². The Bertz CT molecular complexity index is 814. The lowest BCUT2D eigenvalue weighted by Crippen LogP contribution is -2.51. The molecule has 0 unspecified atom stereocenters. The predicted octanol–water partition coefficient (Wildman–Crippen LogP) is 0.883. The first kappa shape index (κ1) is 27.0. The van der Waals surface area contributed by atoms with Crippen LogP contribution in [-0.4, -0.2) is 67.3 Å². The number of esters is 4. The second-order valence-electron chi connectivity index (χ2n) is 6.03. The molecule has 11 nitrogen and oxygen atoms in total. The number of ether oxygens (including phenoxy) is 4. The van der Waals surface area contributed by atoms with E-state index in [4.69, 9.17) is 9.47 Å². The molecule has 12 heteroatoms. The molecular weight excluding hydrogens is 492 g/mol. The molecule has 1 N–H and O–H groups in total. The number of carbonyl (C=O) groups excluding carboxylic acids is 5. The van der Waals surface area contributed by atoms with Crippen molar-refractivity contribution in [2.24, 2.45) is 0 Å². The van der Waals surface area contributed by atoms with Gasteiger partial charge in [-0.3, -0.25) is 10.2 Å². The molecule has 1 rings (SSSR count). The third-order valence-corrected chi connectivity index (χ3v) is 4.16. The van der Waals surface area contributed by atoms with Crippen LogP contribution >= 0.6 is 15.9 Å². The first-order valence-corrected chi connectivity index (χ1v) is 10.5. The van der Waals surface area contributed by atoms with Crippen molar-refractivity contribution in [3.05, 3.63) is 34.3 Å². The zero-order valence-electron chi connectivity index (χ0n) is 17.9. The van der Waals surface area contributed by atoms with Gasteiger partial charge in [-0.2, -0.15) is 0 Å². The fourth-order valence-electron chi connectivity index (χ4n) is 2.31. The number of hydrogen-bond donors (Lipinski definition) is 1. The topological polar surface area (TPSA) is 138 Å². The van der Waals surface area contributed by atoms with E-state index < -0.39 is 42.4 Å². The van der Waals surface area contributed by atoms with Crippen molar-refractivity contribution in [1.29, 1.82) is 0 Å². The van der Waals surface area contributed by atoms with Crippen molar-refractivity contribution in [3.8, 4) is 0 Å². The Kier molecular flexibility index (Phi) is 12.0. The lowest BCUT2D eigenvalue weighted by Gasteiger charge is -2.26. The highest BCUT2D eigenvalue weighted by Gasteiger charge is 2.32. The van der Waals surface area contributed by atoms with Crippen LogP contribution in [0.1, 0.15) is 26.3 Å². The molecule has 0 bridgehead atoms. The summed E-state index contributed by atoms with van der Waals surface area (Å²) in [6.07, 6.45) is -1.59. The molecule has 32 heavy (non-hydrogen) atoms. The molecular formula is C20H25BrN2O9. The van der Waals surface area contributed by atoms with Crippen molar-refractivity contribution < 1.29 is 42.9 Å². The van der Waals surface area contributed by atoms with Gasteiger partial charge in [-0.1, -0.05) is 28.1 Å². The Hall–Kier alpha value is -2.99. The van der Waals surface area contributed by atoms with Crippen LogP contribution in [0.25, 0.3) is 0 Å². The van der Waals surface area contributed by atoms with E-state index in [0.29, 0.717) is 5.56 Å². The van der Waals surface area contributed by atoms with Gasteiger partial charge in [0.05, 0.1) is 26.4 Å². The summed E-state index contributed by atoms with van der Waals surface area (Å²) in [5.41, 5.74) is 3.00. The van der Waals surface area contributed by atoms with E-state index in [-0.39, 0.29) is 26.4 Å². The summed E-state index contributed by atoms with van der Waals surface area (Å²) >= 11 is 3.31. The lowest BCUT2D eigenvalue weighted by molar-refractivity contribution is -0.179. The minimum atomic E-state index is -1.59. The van der Waals surface area contributed by atoms with E-state index >= 15 is 0 Å². The van der Waals surface area contributed by atoms with Gasteiger partial charge in [0.15, 0.2) is 0 Å². The number of benzene rings is 1. The van der Waals surface area contributed by atoms with Crippen molar-refractivity contribution in [3.63, 3.8) is 0 Å². The van der Waals surface area contributed by atoms with Crippen molar-refractivity contribution >= 4 is 45.7 Å². The van der Waals surface area contributed by atoms with Gasteiger partial charge in [-0.05, 0) is 38.5 Å². The molecule has 1 aromatic carbocycles. The number of amides is 1. The number of hydrazine groups is 1. The van der Waals surface area contributed by atoms with Gasteiger partial charge in [0.25, 0.3) is 0 Å². The minimum absolute atomic E-state index is 0.0123. The number of nitrogens with one attached hydrogen (secondary N) is 1. The number of carbonyl (C=O) groups is 5. The van der Waals surface area contributed by atoms with E-state index in [2.05, 4.69) is 30.8 Å². The maximum Gasteiger partial charge on any atom is 0.418 e. The molecule has 1 amide bonds. The summed E-state index contributed by atoms with van der Waals surface area (Å²) in [4.78, 5) is 59.8. The molecule has 0 aliphatic rings. The van der Waals surface area contributed by atoms with Gasteiger partial charge in [0, 0.05) is 11.0 Å². The Labute approximate surface area is 193 Å². The number of halogens is 1. The van der Waals surface area contributed by atoms with Crippen LogP contribution in [-0.2, 0) is 49.5 Å². The quantitative estimate of drug-likeness (QED) is 0.206. The molecule has 0 aromatic heterocycles. The van der Waals surface area contributed by atoms with E-state index in [1.807, 2.05) is 0 Å². The van der Waals surface area contributed by atoms with Crippen LogP contribution in [0.3, 0.4) is 0 Å². The molecule has 0 saturated heterocycles. The van der Waals surface area contributed by atoms with E-state index in [9.17, 15) is 24.0 Å². The fourth-order valence-corrected chi connectivity index (χ4v) is 2.57. The molecule has 0 spiro atoms. The van der Waals surface area contributed by atoms with E-state index in [1.165, 1.54) is 18.9 Å². The number of hydrogen-bond acceptors (Lipinski definition) is 10. The van der Waals surface area contributed by atoms with Crippen molar-refractivity contribution in [2.45, 2.75) is 33.4 Å². The largest absolute Gasteiger partial charge is 0.463 e. The molecule has 176 valence electrons. The fraction of sp³-hybridized carbons (Fsp3) is 0.450. The average Bonchev–Trinajstić information content (AvgIpc) is 2.75. The van der Waals surface area contributed by atoms with E-state index in [1.54, 1.807) is 31.2 Å². The minimum Gasteiger partial charge on any atom is -0.463 e. The second-order valence-corrected chi connectivity index (χ2v) is 6.95. The maximum atomic E-state index is 12.3. The van der Waals surface area contributed by atoms with Gasteiger partial charge in [-0.15, -0.1) is 0 Å². The summed E-state index contributed by atoms with van der Waals surface area (Å²) in [6, 6.07) is 6.98. The Morgan fingerprint density at radius 1 is 0.875 bits per heavy atom. The molecule has 0 aliphatic carbocycles. The van der Waals surface area contributed by atoms with E-state index in [0.717, 1.165) is 4.47 Å². The molecule has 0 radical (unpaired) electrons. The summed E-state index contributed by atoms with van der Waals surface area (Å²) < 4.78 is 19.9. The first-order valence-electron chi connectivity index (χ1n) is 9.73. The Balaban J connectivity index is 3.08. The predicted molar refractivity (Wildman–Crippen MR) is 112 cm³/mol. The smallest absolute Gasteiger partial charge is 0.418 e. The third kappa shape index (κ3) is 9.43. The third-order valence-electron chi connectivity index (χ3n) is 3.63. The highest BCUT2D eigenvalue weighted by Crippen LogP contribution is 2.13. The first-order chi connectivity index (χ1) is 15.2. The highest BCUT2D eigenvalue weighted by molar-refractivity contribution is 9.10. The summed E-state index contributed by atoms with van der Waals surface area (Å²) in [7, 11) is 0. The zero-order valence-corrected chi connectivity index (χ0v) is 19.5. The molecule has 1 aromatic rings. The summed E-state index contributed by atoms with van der Waals surface area (Å²) in [6.45, 7) is 4.08. The van der Waals surface area contributed by atoms with Gasteiger partial charge in [0.1, 0.15) is 0 Å². The normalized spacial score (nSPS) is 11.3. The van der Waals surface area contributed by atoms with Crippen LogP contribution in [0.5, 0.6) is 0 Å². The average molecular weight is 517 g/mol. The van der Waals surface area contributed by atoms with Crippen LogP contribution in [0.2, 0.25) is 0 Å². The van der Waals surface area contributed by atoms with Crippen molar-refractivity contribution in [1.82, 2.24) is 10.4 Å². The Morgan fingerprint density at radius 2 is 1.44 bits per heavy atom. The van der Waals surface area contributed by atoms with Gasteiger partial charge >= 0.3 is 29.8 Å². The van der Waals surface area contributed by atoms with Crippen LogP contribution in [0, 0.1) is 0 Å². The monoisotopic (exact) mass is 516 g/mol. The summed E-state index contributed by atoms with van der Waals surface area (Å²) in [5, 5.41) is 1.17. The Morgan fingerprint density at radius 3 is 2.00 bits per heavy atom. The number of rotatable bonds is 10. The van der Waals surface area contributed by atoms with Crippen LogP contribution in [0.15, 0.2) is 28.7 Å². The molecule has 0 saturated carbocycles. The lowest BCUT2D eigenvalue weighted by atomic mass is 10.2. The molecule has 0 heterocycles. The number of nitrogens with zero attached hydrogens (tertiary/aromatic N) is 1. The standard InChI is InChI=1S/C20H25BrN2O9/c1-4-29-17(25)15(32-20(28)19(27)31-6-3)12-23(22-16(24)18(26)30-5-2)11-13-7-9-14(21)10-8-13/h7-10,15H,4-6,11-12H2,1-3H3,(H,22,24)/t15-/m1/s1. The summed E-state index contributed by atoms with van der Waals surface area (Å²) in [5.74, 6) is -5.86. The van der Waals surface area contributed by atoms with Gasteiger partial charge in [-0.25, -0.2) is 24.2 Å².